The van der Waals surface area contributed by atoms with Crippen LogP contribution in [-0.2, 0) is 0 Å². The van der Waals surface area contributed by atoms with Crippen LogP contribution in [0.2, 0.25) is 0 Å². The minimum Gasteiger partial charge on any atom is -0.306 e. The Morgan fingerprint density at radius 2 is 1.03 bits per heavy atom. The molecule has 0 amide bonds. The van der Waals surface area contributed by atoms with Crippen LogP contribution in [0.3, 0.4) is 0 Å². The summed E-state index contributed by atoms with van der Waals surface area (Å²) in [5.41, 5.74) is 9.22. The molecule has 6 aromatic carbocycles. The number of hydrogen-bond donors (Lipinski definition) is 0. The fraction of sp³-hybridized carbons (Fsp3) is 0. The van der Waals surface area contributed by atoms with Gasteiger partial charge in [0, 0.05) is 21.2 Å². The lowest BCUT2D eigenvalue weighted by Crippen LogP contribution is -2.24. The number of rotatable bonds is 3. The molecule has 7 rings (SSSR count). The Labute approximate surface area is 225 Å². The number of fused-ring (bicyclic) bond motifs is 4. The second kappa shape index (κ2) is 8.95. The number of hydrogen-bond acceptors (Lipinski definition) is 2. The molecule has 6 aromatic rings. The van der Waals surface area contributed by atoms with Crippen LogP contribution in [0.25, 0.3) is 21.9 Å². The molecule has 1 aliphatic rings. The minimum atomic E-state index is 1.07. The van der Waals surface area contributed by atoms with Gasteiger partial charge in [-0.3, -0.25) is 0 Å². The number of anilines is 6. The largest absolute Gasteiger partial charge is 0.306 e. The van der Waals surface area contributed by atoms with Gasteiger partial charge >= 0.3 is 0 Å². The molecule has 0 bridgehead atoms. The van der Waals surface area contributed by atoms with Gasteiger partial charge in [-0.05, 0) is 59.0 Å². The maximum atomic E-state index is 3.92. The first-order chi connectivity index (χ1) is 18.3. The normalized spacial score (nSPS) is 12.4. The van der Waals surface area contributed by atoms with Gasteiger partial charge in [-0.15, -0.1) is 0 Å². The number of para-hydroxylation sites is 2. The lowest BCUT2D eigenvalue weighted by molar-refractivity contribution is 1.18. The molecule has 0 aliphatic carbocycles. The van der Waals surface area contributed by atoms with Crippen LogP contribution in [0.1, 0.15) is 0 Å². The van der Waals surface area contributed by atoms with E-state index in [1.54, 1.807) is 0 Å². The zero-order valence-corrected chi connectivity index (χ0v) is 21.6. The number of halogens is 1. The van der Waals surface area contributed by atoms with Crippen molar-refractivity contribution in [1.82, 2.24) is 0 Å². The lowest BCUT2D eigenvalue weighted by atomic mass is 9.97. The van der Waals surface area contributed by atoms with Crippen LogP contribution in [-0.4, -0.2) is 0 Å². The van der Waals surface area contributed by atoms with Gasteiger partial charge in [0.2, 0.25) is 0 Å². The summed E-state index contributed by atoms with van der Waals surface area (Å²) in [6.07, 6.45) is 0. The van der Waals surface area contributed by atoms with Crippen molar-refractivity contribution >= 4 is 60.8 Å². The van der Waals surface area contributed by atoms with E-state index in [0.29, 0.717) is 0 Å². The SMILES string of the molecule is Brc1cc2c(cc1-c1ccccc1)N(c1ccccc1)c1c(ccc3ccccc13)N2c1ccccc1. The zero-order chi connectivity index (χ0) is 24.8. The van der Waals surface area contributed by atoms with Crippen LogP contribution in [0.15, 0.2) is 144 Å². The summed E-state index contributed by atoms with van der Waals surface area (Å²) in [5.74, 6) is 0. The molecule has 37 heavy (non-hydrogen) atoms. The van der Waals surface area contributed by atoms with Gasteiger partial charge in [0.25, 0.3) is 0 Å². The summed E-state index contributed by atoms with van der Waals surface area (Å²) in [4.78, 5) is 4.81. The molecule has 1 heterocycles. The molecule has 0 radical (unpaired) electrons. The molecule has 3 heteroatoms. The van der Waals surface area contributed by atoms with Crippen LogP contribution in [0.5, 0.6) is 0 Å². The Bertz CT molecular complexity index is 1730. The number of benzene rings is 6. The molecular weight excluding hydrogens is 516 g/mol. The van der Waals surface area contributed by atoms with Gasteiger partial charge in [0.05, 0.1) is 22.7 Å². The van der Waals surface area contributed by atoms with Crippen molar-refractivity contribution < 1.29 is 0 Å². The van der Waals surface area contributed by atoms with Crippen molar-refractivity contribution in [2.75, 3.05) is 9.80 Å². The van der Waals surface area contributed by atoms with Crippen molar-refractivity contribution in [3.05, 3.63) is 144 Å². The molecule has 1 aliphatic heterocycles. The van der Waals surface area contributed by atoms with Crippen LogP contribution in [0, 0.1) is 0 Å². The molecule has 0 aromatic heterocycles. The maximum absolute atomic E-state index is 3.92. The predicted octanol–water partition coefficient (Wildman–Crippen LogP) is 10.5. The van der Waals surface area contributed by atoms with E-state index in [-0.39, 0.29) is 0 Å². The van der Waals surface area contributed by atoms with E-state index in [4.69, 9.17) is 0 Å². The Morgan fingerprint density at radius 3 is 1.73 bits per heavy atom. The van der Waals surface area contributed by atoms with E-state index in [9.17, 15) is 0 Å². The molecule has 0 N–H and O–H groups in total. The summed E-state index contributed by atoms with van der Waals surface area (Å²) >= 11 is 3.92. The van der Waals surface area contributed by atoms with E-state index < -0.39 is 0 Å². The Kier molecular flexibility index (Phi) is 5.30. The van der Waals surface area contributed by atoms with E-state index in [1.165, 1.54) is 22.0 Å². The molecule has 0 fully saturated rings. The standard InChI is InChI=1S/C34H23BrN2/c35-30-23-33-32(22-29(30)24-12-4-1-5-13-24)37(27-17-8-3-9-18-27)34-28-19-11-10-14-25(28)20-21-31(34)36(33)26-15-6-2-7-16-26/h1-23H. The van der Waals surface area contributed by atoms with Gasteiger partial charge in [-0.1, -0.05) is 113 Å². The first-order valence-electron chi connectivity index (χ1n) is 12.4. The van der Waals surface area contributed by atoms with Crippen molar-refractivity contribution in [3.8, 4) is 11.1 Å². The summed E-state index contributed by atoms with van der Waals surface area (Å²) in [5, 5.41) is 2.44. The third-order valence-electron chi connectivity index (χ3n) is 7.00. The van der Waals surface area contributed by atoms with E-state index >= 15 is 0 Å². The van der Waals surface area contributed by atoms with Crippen molar-refractivity contribution in [2.24, 2.45) is 0 Å². The molecule has 0 atom stereocenters. The zero-order valence-electron chi connectivity index (χ0n) is 20.1. The quantitative estimate of drug-likeness (QED) is 0.220. The first kappa shape index (κ1) is 21.9. The minimum absolute atomic E-state index is 1.07. The molecule has 0 unspecified atom stereocenters. The van der Waals surface area contributed by atoms with Crippen molar-refractivity contribution in [2.45, 2.75) is 0 Å². The van der Waals surface area contributed by atoms with Gasteiger partial charge in [0.1, 0.15) is 0 Å². The summed E-state index contributed by atoms with van der Waals surface area (Å²) < 4.78 is 1.07. The summed E-state index contributed by atoms with van der Waals surface area (Å²) in [7, 11) is 0. The van der Waals surface area contributed by atoms with E-state index in [2.05, 4.69) is 165 Å². The lowest BCUT2D eigenvalue weighted by Gasteiger charge is -2.41. The molecule has 0 spiro atoms. The van der Waals surface area contributed by atoms with Crippen molar-refractivity contribution in [1.29, 1.82) is 0 Å². The van der Waals surface area contributed by atoms with Crippen molar-refractivity contribution in [3.63, 3.8) is 0 Å². The third-order valence-corrected chi connectivity index (χ3v) is 7.66. The van der Waals surface area contributed by atoms with Gasteiger partial charge in [0.15, 0.2) is 0 Å². The maximum Gasteiger partial charge on any atom is 0.0782 e. The fourth-order valence-corrected chi connectivity index (χ4v) is 5.92. The Morgan fingerprint density at radius 1 is 0.459 bits per heavy atom. The highest BCUT2D eigenvalue weighted by atomic mass is 79.9. The van der Waals surface area contributed by atoms with Gasteiger partial charge in [-0.25, -0.2) is 0 Å². The predicted molar refractivity (Wildman–Crippen MR) is 160 cm³/mol. The second-order valence-corrected chi connectivity index (χ2v) is 10.0. The highest BCUT2D eigenvalue weighted by molar-refractivity contribution is 9.10. The van der Waals surface area contributed by atoms with Gasteiger partial charge < -0.3 is 9.80 Å². The fourth-order valence-electron chi connectivity index (χ4n) is 5.36. The number of nitrogens with zero attached hydrogens (tertiary/aromatic N) is 2. The van der Waals surface area contributed by atoms with E-state index in [0.717, 1.165) is 38.5 Å². The van der Waals surface area contributed by atoms with Gasteiger partial charge in [-0.2, -0.15) is 0 Å². The van der Waals surface area contributed by atoms with E-state index in [1.807, 2.05) is 0 Å². The smallest absolute Gasteiger partial charge is 0.0782 e. The van der Waals surface area contributed by atoms with Crippen LogP contribution < -0.4 is 9.80 Å². The highest BCUT2D eigenvalue weighted by Crippen LogP contribution is 2.57. The molecular formula is C34H23BrN2. The third kappa shape index (κ3) is 3.62. The molecule has 0 saturated heterocycles. The molecule has 0 saturated carbocycles. The average Bonchev–Trinajstić information content (AvgIpc) is 2.97. The summed E-state index contributed by atoms with van der Waals surface area (Å²) in [6.45, 7) is 0. The van der Waals surface area contributed by atoms with Crippen LogP contribution >= 0.6 is 15.9 Å². The monoisotopic (exact) mass is 538 g/mol. The highest BCUT2D eigenvalue weighted by Gasteiger charge is 2.33. The summed E-state index contributed by atoms with van der Waals surface area (Å²) in [6, 6.07) is 49.6. The average molecular weight is 539 g/mol. The Balaban J connectivity index is 1.61. The Hall–Kier alpha value is -4.34. The molecule has 2 nitrogen and oxygen atoms in total. The first-order valence-corrected chi connectivity index (χ1v) is 13.2. The second-order valence-electron chi connectivity index (χ2n) is 9.18. The van der Waals surface area contributed by atoms with Crippen LogP contribution in [0.4, 0.5) is 34.1 Å². The topological polar surface area (TPSA) is 6.48 Å². The molecule has 176 valence electrons.